The molecule has 0 saturated heterocycles. The molecule has 0 bridgehead atoms. The lowest BCUT2D eigenvalue weighted by Crippen LogP contribution is -2.14. The van der Waals surface area contributed by atoms with Crippen molar-refractivity contribution in [3.63, 3.8) is 0 Å². The first kappa shape index (κ1) is 8.73. The maximum Gasteiger partial charge on any atom is 0.0310 e. The van der Waals surface area contributed by atoms with E-state index in [9.17, 15) is 0 Å². The molecule has 2 heteroatoms. The van der Waals surface area contributed by atoms with Crippen molar-refractivity contribution in [2.45, 2.75) is 6.92 Å². The molecule has 0 spiro atoms. The molecule has 0 fully saturated rings. The molecule has 0 aromatic rings. The molecule has 52 valence electrons. The number of hydrogen-bond acceptors (Lipinski definition) is 1. The smallest absolute Gasteiger partial charge is 0.0310 e. The zero-order valence-corrected chi connectivity index (χ0v) is 6.41. The van der Waals surface area contributed by atoms with Gasteiger partial charge in [-0.1, -0.05) is 30.3 Å². The second-order valence-electron chi connectivity index (χ2n) is 1.72. The van der Waals surface area contributed by atoms with Crippen molar-refractivity contribution < 1.29 is 0 Å². The molecule has 0 heterocycles. The summed E-state index contributed by atoms with van der Waals surface area (Å²) in [5.41, 5.74) is 0. The first-order valence-electron chi connectivity index (χ1n) is 2.92. The molecule has 1 nitrogen and oxygen atoms in total. The summed E-state index contributed by atoms with van der Waals surface area (Å²) >= 11 is 5.48. The Kier molecular flexibility index (Phi) is 5.68. The highest BCUT2D eigenvalue weighted by Crippen LogP contribution is 1.91. The second-order valence-corrected chi connectivity index (χ2v) is 2.25. The van der Waals surface area contributed by atoms with E-state index in [2.05, 4.69) is 11.9 Å². The van der Waals surface area contributed by atoms with E-state index in [1.165, 1.54) is 0 Å². The Labute approximate surface area is 61.4 Å². The number of allylic oxidation sites excluding steroid dienone is 1. The van der Waals surface area contributed by atoms with E-state index in [0.29, 0.717) is 11.6 Å². The molecule has 1 N–H and O–H groups in total. The Morgan fingerprint density at radius 1 is 1.78 bits per heavy atom. The van der Waals surface area contributed by atoms with Crippen molar-refractivity contribution in [1.82, 2.24) is 5.32 Å². The molecular weight excluding hydrogens is 134 g/mol. The van der Waals surface area contributed by atoms with Crippen LogP contribution in [0.25, 0.3) is 0 Å². The molecule has 9 heavy (non-hydrogen) atoms. The van der Waals surface area contributed by atoms with E-state index in [0.717, 1.165) is 6.54 Å². The summed E-state index contributed by atoms with van der Waals surface area (Å²) in [6.45, 7) is 7.06. The van der Waals surface area contributed by atoms with E-state index in [1.54, 1.807) is 0 Å². The van der Waals surface area contributed by atoms with Gasteiger partial charge in [-0.05, 0) is 6.92 Å². The van der Waals surface area contributed by atoms with Crippen LogP contribution in [0, 0.1) is 0 Å². The van der Waals surface area contributed by atoms with E-state index in [1.807, 2.05) is 19.1 Å². The van der Waals surface area contributed by atoms with E-state index in [-0.39, 0.29) is 0 Å². The van der Waals surface area contributed by atoms with Crippen molar-refractivity contribution in [3.8, 4) is 0 Å². The maximum absolute atomic E-state index is 5.48. The summed E-state index contributed by atoms with van der Waals surface area (Å²) in [6.07, 6.45) is 4.02. The lowest BCUT2D eigenvalue weighted by atomic mass is 10.5. The normalized spacial score (nSPS) is 10.4. The summed E-state index contributed by atoms with van der Waals surface area (Å²) in [5.74, 6) is 0. The highest BCUT2D eigenvalue weighted by molar-refractivity contribution is 6.29. The van der Waals surface area contributed by atoms with Gasteiger partial charge in [-0.15, -0.1) is 0 Å². The second kappa shape index (κ2) is 5.86. The fourth-order valence-corrected chi connectivity index (χ4v) is 0.503. The third kappa shape index (κ3) is 7.73. The van der Waals surface area contributed by atoms with Gasteiger partial charge in [0.05, 0.1) is 0 Å². The van der Waals surface area contributed by atoms with Crippen LogP contribution in [0.5, 0.6) is 0 Å². The third-order valence-corrected chi connectivity index (χ3v) is 0.948. The lowest BCUT2D eigenvalue weighted by molar-refractivity contribution is 0.836. The van der Waals surface area contributed by atoms with Crippen molar-refractivity contribution in [3.05, 3.63) is 23.8 Å². The first-order chi connectivity index (χ1) is 4.27. The molecular formula is C7H12ClN. The summed E-state index contributed by atoms with van der Waals surface area (Å²) in [7, 11) is 0. The predicted octanol–water partition coefficient (Wildman–Crippen LogP) is 1.90. The minimum Gasteiger partial charge on any atom is -0.308 e. The zero-order chi connectivity index (χ0) is 7.11. The van der Waals surface area contributed by atoms with E-state index < -0.39 is 0 Å². The number of hydrogen-bond donors (Lipinski definition) is 1. The molecule has 0 aliphatic heterocycles. The largest absolute Gasteiger partial charge is 0.308 e. The Hall–Kier alpha value is -0.270. The standard InChI is InChI=1S/C7H12ClN/c1-3-4-5-9-6-7(2)8/h3-4,9H,2,5-6H2,1H3/b4-3+. The van der Waals surface area contributed by atoms with Crippen LogP contribution in [-0.4, -0.2) is 13.1 Å². The van der Waals surface area contributed by atoms with Crippen LogP contribution in [0.2, 0.25) is 0 Å². The Morgan fingerprint density at radius 3 is 2.89 bits per heavy atom. The van der Waals surface area contributed by atoms with Gasteiger partial charge in [0, 0.05) is 18.1 Å². The average Bonchev–Trinajstić information content (AvgIpc) is 1.80. The van der Waals surface area contributed by atoms with Crippen LogP contribution in [0.4, 0.5) is 0 Å². The van der Waals surface area contributed by atoms with E-state index in [4.69, 9.17) is 11.6 Å². The minimum absolute atomic E-state index is 0.652. The molecule has 0 unspecified atom stereocenters. The Morgan fingerprint density at radius 2 is 2.44 bits per heavy atom. The van der Waals surface area contributed by atoms with Crippen molar-refractivity contribution in [2.24, 2.45) is 0 Å². The van der Waals surface area contributed by atoms with Gasteiger partial charge >= 0.3 is 0 Å². The van der Waals surface area contributed by atoms with Gasteiger partial charge in [-0.3, -0.25) is 0 Å². The lowest BCUT2D eigenvalue weighted by Gasteiger charge is -1.95. The quantitative estimate of drug-likeness (QED) is 0.471. The van der Waals surface area contributed by atoms with Crippen molar-refractivity contribution >= 4 is 11.6 Å². The first-order valence-corrected chi connectivity index (χ1v) is 3.30. The maximum atomic E-state index is 5.48. The number of halogens is 1. The molecule has 0 rings (SSSR count). The Bertz CT molecular complexity index is 107. The molecule has 0 aliphatic rings. The molecule has 0 amide bonds. The predicted molar refractivity (Wildman–Crippen MR) is 42.7 cm³/mol. The van der Waals surface area contributed by atoms with Crippen LogP contribution in [0.15, 0.2) is 23.8 Å². The van der Waals surface area contributed by atoms with Crippen molar-refractivity contribution in [2.75, 3.05) is 13.1 Å². The fraction of sp³-hybridized carbons (Fsp3) is 0.429. The highest BCUT2D eigenvalue weighted by atomic mass is 35.5. The van der Waals surface area contributed by atoms with Gasteiger partial charge in [0.25, 0.3) is 0 Å². The number of nitrogens with one attached hydrogen (secondary N) is 1. The van der Waals surface area contributed by atoms with Crippen LogP contribution in [-0.2, 0) is 0 Å². The van der Waals surface area contributed by atoms with Crippen LogP contribution < -0.4 is 5.32 Å². The monoisotopic (exact) mass is 145 g/mol. The fourth-order valence-electron chi connectivity index (χ4n) is 0.409. The SMILES string of the molecule is C=C(Cl)CNC/C=C/C. The van der Waals surface area contributed by atoms with Crippen LogP contribution in [0.1, 0.15) is 6.92 Å². The number of rotatable bonds is 4. The van der Waals surface area contributed by atoms with Gasteiger partial charge in [-0.2, -0.15) is 0 Å². The van der Waals surface area contributed by atoms with Gasteiger partial charge in [0.2, 0.25) is 0 Å². The topological polar surface area (TPSA) is 12.0 Å². The average molecular weight is 146 g/mol. The highest BCUT2D eigenvalue weighted by Gasteiger charge is 1.82. The van der Waals surface area contributed by atoms with Gasteiger partial charge in [-0.25, -0.2) is 0 Å². The summed E-state index contributed by atoms with van der Waals surface area (Å²) in [5, 5.41) is 3.72. The van der Waals surface area contributed by atoms with Gasteiger partial charge in [0.1, 0.15) is 0 Å². The van der Waals surface area contributed by atoms with Crippen LogP contribution >= 0.6 is 11.6 Å². The Balaban J connectivity index is 3.01. The molecule has 0 aromatic heterocycles. The third-order valence-electron chi connectivity index (χ3n) is 0.815. The molecule has 0 atom stereocenters. The molecule has 0 aromatic carbocycles. The minimum atomic E-state index is 0.652. The van der Waals surface area contributed by atoms with Gasteiger partial charge in [0.15, 0.2) is 0 Å². The summed E-state index contributed by atoms with van der Waals surface area (Å²) < 4.78 is 0. The molecule has 0 radical (unpaired) electrons. The van der Waals surface area contributed by atoms with E-state index >= 15 is 0 Å². The summed E-state index contributed by atoms with van der Waals surface area (Å²) in [4.78, 5) is 0. The molecule has 0 aliphatic carbocycles. The van der Waals surface area contributed by atoms with Crippen LogP contribution in [0.3, 0.4) is 0 Å². The van der Waals surface area contributed by atoms with Crippen molar-refractivity contribution in [1.29, 1.82) is 0 Å². The zero-order valence-electron chi connectivity index (χ0n) is 5.65. The molecule has 0 saturated carbocycles. The van der Waals surface area contributed by atoms with Gasteiger partial charge < -0.3 is 5.32 Å². The summed E-state index contributed by atoms with van der Waals surface area (Å²) in [6, 6.07) is 0.